The van der Waals surface area contributed by atoms with Gasteiger partial charge in [-0.2, -0.15) is 0 Å². The highest BCUT2D eigenvalue weighted by atomic mass is 15.2. The minimum absolute atomic E-state index is 0.0337. The van der Waals surface area contributed by atoms with E-state index in [0.717, 1.165) is 51.2 Å². The molecule has 0 spiro atoms. The molecule has 0 amide bonds. The smallest absolute Gasteiger partial charge is 0.252 e. The van der Waals surface area contributed by atoms with E-state index in [0.29, 0.717) is 11.8 Å². The van der Waals surface area contributed by atoms with Crippen LogP contribution in [0.2, 0.25) is 0 Å². The van der Waals surface area contributed by atoms with Crippen LogP contribution < -0.4 is 31.1 Å². The summed E-state index contributed by atoms with van der Waals surface area (Å²) in [7, 11) is 0. The fourth-order valence-corrected chi connectivity index (χ4v) is 11.9. The molecule has 0 saturated carbocycles. The Hall–Kier alpha value is -8.48. The van der Waals surface area contributed by atoms with Gasteiger partial charge >= 0.3 is 0 Å². The zero-order chi connectivity index (χ0) is 48.8. The molecule has 0 atom stereocenters. The van der Waals surface area contributed by atoms with Crippen LogP contribution in [0.5, 0.6) is 0 Å². The summed E-state index contributed by atoms with van der Waals surface area (Å²) in [5.41, 5.74) is 24.1. The Morgan fingerprint density at radius 1 is 0.347 bits per heavy atom. The van der Waals surface area contributed by atoms with E-state index in [2.05, 4.69) is 284 Å². The first kappa shape index (κ1) is 43.5. The minimum atomic E-state index is -0.0337. The Labute approximate surface area is 423 Å². The predicted octanol–water partition coefficient (Wildman–Crippen LogP) is 16.0. The number of hydrogen-bond donors (Lipinski definition) is 0. The van der Waals surface area contributed by atoms with Crippen LogP contribution in [0.1, 0.15) is 62.0 Å². The highest BCUT2D eigenvalue weighted by Gasteiger charge is 2.42. The summed E-state index contributed by atoms with van der Waals surface area (Å²) in [6.45, 7) is 13.6. The largest absolute Gasteiger partial charge is 0.315 e. The SMILES string of the molecule is Cc1cc2c(N(c3ccccc3)c3ccccc3)ccc3c2n1-c1cc(N(c2ccc(C(C)C)cc2)c2ccc(C(C)C)cc2)cc2c1B3c1ccc(N(c3ccccc3)c3ccccc3)c3cc(C)n-2c13. The maximum absolute atomic E-state index is 2.57. The van der Waals surface area contributed by atoms with E-state index in [-0.39, 0.29) is 6.71 Å². The summed E-state index contributed by atoms with van der Waals surface area (Å²) >= 11 is 0. The van der Waals surface area contributed by atoms with Gasteiger partial charge in [0.1, 0.15) is 0 Å². The van der Waals surface area contributed by atoms with Crippen LogP contribution in [0.15, 0.2) is 218 Å². The van der Waals surface area contributed by atoms with Crippen molar-refractivity contribution in [3.63, 3.8) is 0 Å². The van der Waals surface area contributed by atoms with Gasteiger partial charge in [-0.25, -0.2) is 0 Å². The van der Waals surface area contributed by atoms with Crippen LogP contribution in [0.25, 0.3) is 33.2 Å². The average molecular weight is 930 g/mol. The van der Waals surface area contributed by atoms with Gasteiger partial charge in [-0.3, -0.25) is 0 Å². The van der Waals surface area contributed by atoms with Gasteiger partial charge in [0, 0.05) is 67.7 Å². The van der Waals surface area contributed by atoms with Gasteiger partial charge < -0.3 is 23.8 Å². The lowest BCUT2D eigenvalue weighted by molar-refractivity contribution is 0.866. The Morgan fingerprint density at radius 2 is 0.681 bits per heavy atom. The summed E-state index contributed by atoms with van der Waals surface area (Å²) in [5, 5.41) is 2.45. The van der Waals surface area contributed by atoms with Gasteiger partial charge in [0.25, 0.3) is 6.71 Å². The molecule has 72 heavy (non-hydrogen) atoms. The molecule has 0 bridgehead atoms. The molecule has 0 N–H and O–H groups in total. The Bertz CT molecular complexity index is 3490. The van der Waals surface area contributed by atoms with E-state index in [9.17, 15) is 0 Å². The van der Waals surface area contributed by atoms with Gasteiger partial charge in [0.05, 0.1) is 28.1 Å². The molecular weight excluding hydrogens is 874 g/mol. The van der Waals surface area contributed by atoms with Crippen molar-refractivity contribution in [2.45, 2.75) is 53.4 Å². The summed E-state index contributed by atoms with van der Waals surface area (Å²) in [6, 6.07) is 81.1. The van der Waals surface area contributed by atoms with E-state index in [1.807, 2.05) is 0 Å². The molecule has 0 saturated heterocycles. The number of aryl methyl sites for hydroxylation is 2. The number of benzene rings is 9. The lowest BCUT2D eigenvalue weighted by Crippen LogP contribution is -2.59. The lowest BCUT2D eigenvalue weighted by atomic mass is 9.34. The predicted molar refractivity (Wildman–Crippen MR) is 306 cm³/mol. The summed E-state index contributed by atoms with van der Waals surface area (Å²) in [5.74, 6) is 0.853. The molecule has 0 radical (unpaired) electrons. The topological polar surface area (TPSA) is 19.6 Å². The number of aromatic nitrogens is 2. The van der Waals surface area contributed by atoms with E-state index >= 15 is 0 Å². The third kappa shape index (κ3) is 6.84. The van der Waals surface area contributed by atoms with Crippen LogP contribution in [-0.2, 0) is 0 Å². The highest BCUT2D eigenvalue weighted by Crippen LogP contribution is 2.46. The Morgan fingerprint density at radius 3 is 1.01 bits per heavy atom. The van der Waals surface area contributed by atoms with Crippen LogP contribution in [0.4, 0.5) is 51.2 Å². The van der Waals surface area contributed by atoms with E-state index < -0.39 is 0 Å². The highest BCUT2D eigenvalue weighted by molar-refractivity contribution is 7.00. The lowest BCUT2D eigenvalue weighted by Gasteiger charge is -2.37. The van der Waals surface area contributed by atoms with Crippen molar-refractivity contribution in [2.75, 3.05) is 14.7 Å². The van der Waals surface area contributed by atoms with E-state index in [1.54, 1.807) is 0 Å². The molecule has 2 aliphatic heterocycles. The second-order valence-electron chi connectivity index (χ2n) is 20.3. The normalized spacial score (nSPS) is 12.2. The maximum atomic E-state index is 2.57. The molecule has 0 fully saturated rings. The number of anilines is 9. The Kier molecular flexibility index (Phi) is 10.4. The van der Waals surface area contributed by atoms with Crippen LogP contribution in [0, 0.1) is 13.8 Å². The van der Waals surface area contributed by atoms with Gasteiger partial charge in [-0.1, -0.05) is 137 Å². The molecule has 0 unspecified atom stereocenters. The second-order valence-corrected chi connectivity index (χ2v) is 20.3. The first-order valence-electron chi connectivity index (χ1n) is 25.5. The van der Waals surface area contributed by atoms with Crippen molar-refractivity contribution < 1.29 is 0 Å². The summed E-state index contributed by atoms with van der Waals surface area (Å²) in [6.07, 6.45) is 0. The zero-order valence-corrected chi connectivity index (χ0v) is 41.8. The first-order chi connectivity index (χ1) is 35.2. The van der Waals surface area contributed by atoms with Crippen molar-refractivity contribution in [1.82, 2.24) is 9.13 Å². The monoisotopic (exact) mass is 929 g/mol. The molecule has 348 valence electrons. The molecule has 0 aliphatic carbocycles. The van der Waals surface area contributed by atoms with Crippen molar-refractivity contribution >= 4 is 96.1 Å². The molecule has 11 aromatic rings. The number of para-hydroxylation sites is 4. The quantitative estimate of drug-likeness (QED) is 0.121. The van der Waals surface area contributed by atoms with Crippen molar-refractivity contribution in [3.05, 3.63) is 241 Å². The fraction of sp³-hybridized carbons (Fsp3) is 0.121. The number of fused-ring (bicyclic) bond motifs is 4. The fourth-order valence-electron chi connectivity index (χ4n) is 11.9. The standard InChI is InChI=1S/C66H56BN5/c1-43(2)47-27-31-53(32-28-47)70(54-33-29-48(30-34-54)44(3)4)55-41-62-64-63(42-55)69-46(6)40-57-61(72(51-23-15-9-16-24-51)52-25-17-10-18-26-52)38-36-59(66(57)69)67(64)58-35-37-60(56-39-45(5)68(62)65(56)58)71(49-19-11-7-12-20-49)50-21-13-8-14-22-50/h7-44H,1-6H3. The van der Waals surface area contributed by atoms with Gasteiger partial charge in [0.15, 0.2) is 0 Å². The van der Waals surface area contributed by atoms with E-state index in [1.165, 1.54) is 72.1 Å². The van der Waals surface area contributed by atoms with E-state index in [4.69, 9.17) is 0 Å². The summed E-state index contributed by atoms with van der Waals surface area (Å²) in [4.78, 5) is 7.32. The average Bonchev–Trinajstić information content (AvgIpc) is 3.96. The molecule has 2 aromatic heterocycles. The van der Waals surface area contributed by atoms with Crippen LogP contribution in [-0.4, -0.2) is 15.8 Å². The van der Waals surface area contributed by atoms with Gasteiger partial charge in [-0.15, -0.1) is 0 Å². The Balaban J connectivity index is 1.12. The van der Waals surface area contributed by atoms with Gasteiger partial charge in [-0.05, 0) is 162 Å². The third-order valence-electron chi connectivity index (χ3n) is 15.3. The third-order valence-corrected chi connectivity index (χ3v) is 15.3. The van der Waals surface area contributed by atoms with Crippen molar-refractivity contribution in [1.29, 1.82) is 0 Å². The first-order valence-corrected chi connectivity index (χ1v) is 25.5. The molecule has 5 nitrogen and oxygen atoms in total. The molecule has 13 rings (SSSR count). The number of rotatable bonds is 11. The molecule has 2 aliphatic rings. The molecule has 4 heterocycles. The minimum Gasteiger partial charge on any atom is -0.315 e. The molecule has 6 heteroatoms. The molecular formula is C66H56BN5. The molecule has 9 aromatic carbocycles. The zero-order valence-electron chi connectivity index (χ0n) is 41.8. The maximum Gasteiger partial charge on any atom is 0.252 e. The number of hydrogen-bond acceptors (Lipinski definition) is 3. The van der Waals surface area contributed by atoms with Crippen LogP contribution in [0.3, 0.4) is 0 Å². The van der Waals surface area contributed by atoms with Crippen molar-refractivity contribution in [2.24, 2.45) is 0 Å². The van der Waals surface area contributed by atoms with Gasteiger partial charge in [0.2, 0.25) is 0 Å². The van der Waals surface area contributed by atoms with Crippen molar-refractivity contribution in [3.8, 4) is 11.4 Å². The number of nitrogens with zero attached hydrogens (tertiary/aromatic N) is 5. The van der Waals surface area contributed by atoms with Crippen LogP contribution >= 0.6 is 0 Å². The second kappa shape index (κ2) is 17.1. The summed E-state index contributed by atoms with van der Waals surface area (Å²) < 4.78 is 5.15.